The van der Waals surface area contributed by atoms with Crippen molar-refractivity contribution in [2.45, 2.75) is 31.3 Å². The van der Waals surface area contributed by atoms with Gasteiger partial charge in [0.25, 0.3) is 5.91 Å². The van der Waals surface area contributed by atoms with Crippen LogP contribution in [0.15, 0.2) is 54.6 Å². The van der Waals surface area contributed by atoms with Crippen LogP contribution in [0.5, 0.6) is 0 Å². The monoisotopic (exact) mass is 402 g/mol. The molecule has 0 aliphatic carbocycles. The van der Waals surface area contributed by atoms with E-state index in [9.17, 15) is 14.9 Å². The molecule has 2 amide bonds. The molecule has 1 N–H and O–H groups in total. The Morgan fingerprint density at radius 3 is 2.60 bits per heavy atom. The van der Waals surface area contributed by atoms with Crippen LogP contribution < -0.4 is 5.32 Å². The summed E-state index contributed by atoms with van der Waals surface area (Å²) in [4.78, 5) is 29.3. The molecule has 6 nitrogen and oxygen atoms in total. The van der Waals surface area contributed by atoms with Gasteiger partial charge >= 0.3 is 0 Å². The number of amides is 2. The average molecular weight is 402 g/mol. The van der Waals surface area contributed by atoms with Crippen molar-refractivity contribution in [1.29, 1.82) is 5.26 Å². The number of hydrogen-bond donors (Lipinski definition) is 1. The van der Waals surface area contributed by atoms with Gasteiger partial charge in [0, 0.05) is 31.2 Å². The first-order valence-corrected chi connectivity index (χ1v) is 10.5. The molecule has 0 bridgehead atoms. The number of rotatable bonds is 5. The van der Waals surface area contributed by atoms with Crippen molar-refractivity contribution < 1.29 is 9.59 Å². The average Bonchev–Trinajstić information content (AvgIpc) is 3.43. The molecule has 2 aliphatic rings. The van der Waals surface area contributed by atoms with Crippen molar-refractivity contribution >= 4 is 11.8 Å². The first-order valence-electron chi connectivity index (χ1n) is 10.5. The van der Waals surface area contributed by atoms with Crippen LogP contribution in [0.1, 0.15) is 29.6 Å². The highest BCUT2D eigenvalue weighted by atomic mass is 16.2. The maximum atomic E-state index is 13.0. The Bertz CT molecular complexity index is 953. The molecule has 2 saturated heterocycles. The molecule has 0 saturated carbocycles. The molecule has 4 rings (SSSR count). The summed E-state index contributed by atoms with van der Waals surface area (Å²) in [6.45, 7) is 2.39. The Morgan fingerprint density at radius 2 is 1.80 bits per heavy atom. The van der Waals surface area contributed by atoms with E-state index in [-0.39, 0.29) is 23.9 Å². The molecule has 2 atom stereocenters. The van der Waals surface area contributed by atoms with Crippen LogP contribution in [0.25, 0.3) is 11.1 Å². The van der Waals surface area contributed by atoms with Crippen LogP contribution in [-0.2, 0) is 4.79 Å². The maximum absolute atomic E-state index is 13.0. The summed E-state index contributed by atoms with van der Waals surface area (Å²) in [5, 5.41) is 12.3. The van der Waals surface area contributed by atoms with Crippen LogP contribution in [0.4, 0.5) is 0 Å². The lowest BCUT2D eigenvalue weighted by atomic mass is 9.99. The number of benzene rings is 2. The Labute approximate surface area is 177 Å². The molecule has 6 heteroatoms. The van der Waals surface area contributed by atoms with Gasteiger partial charge in [0.2, 0.25) is 5.91 Å². The molecular formula is C24H26N4O2. The molecule has 2 fully saturated rings. The highest BCUT2D eigenvalue weighted by Crippen LogP contribution is 2.24. The molecule has 0 spiro atoms. The number of nitrogens with zero attached hydrogens (tertiary/aromatic N) is 3. The van der Waals surface area contributed by atoms with Crippen molar-refractivity contribution in [3.05, 3.63) is 60.2 Å². The van der Waals surface area contributed by atoms with E-state index in [4.69, 9.17) is 0 Å². The van der Waals surface area contributed by atoms with E-state index in [2.05, 4.69) is 16.3 Å². The number of likely N-dealkylation sites (tertiary alicyclic amines) is 2. The molecule has 2 heterocycles. The van der Waals surface area contributed by atoms with Gasteiger partial charge in [-0.25, -0.2) is 0 Å². The van der Waals surface area contributed by atoms with Crippen molar-refractivity contribution in [3.8, 4) is 17.2 Å². The van der Waals surface area contributed by atoms with Gasteiger partial charge in [-0.3, -0.25) is 14.5 Å². The summed E-state index contributed by atoms with van der Waals surface area (Å²) in [6.07, 6.45) is 2.47. The molecule has 0 unspecified atom stereocenters. The van der Waals surface area contributed by atoms with Gasteiger partial charge < -0.3 is 10.2 Å². The summed E-state index contributed by atoms with van der Waals surface area (Å²) >= 11 is 0. The van der Waals surface area contributed by atoms with E-state index in [1.54, 1.807) is 4.90 Å². The summed E-state index contributed by atoms with van der Waals surface area (Å²) < 4.78 is 0. The van der Waals surface area contributed by atoms with E-state index < -0.39 is 0 Å². The molecular weight excluding hydrogens is 376 g/mol. The van der Waals surface area contributed by atoms with Gasteiger partial charge in [0.05, 0.1) is 12.6 Å². The molecule has 30 heavy (non-hydrogen) atoms. The zero-order valence-electron chi connectivity index (χ0n) is 17.0. The van der Waals surface area contributed by atoms with Gasteiger partial charge in [-0.2, -0.15) is 5.26 Å². The minimum Gasteiger partial charge on any atom is -0.348 e. The summed E-state index contributed by atoms with van der Waals surface area (Å²) in [5.41, 5.74) is 2.59. The van der Waals surface area contributed by atoms with Crippen molar-refractivity contribution in [2.75, 3.05) is 26.2 Å². The second kappa shape index (κ2) is 9.10. The highest BCUT2D eigenvalue weighted by molar-refractivity contribution is 6.01. The molecule has 2 aliphatic heterocycles. The first kappa shape index (κ1) is 20.1. The van der Waals surface area contributed by atoms with Crippen LogP contribution in [0.2, 0.25) is 0 Å². The predicted octanol–water partition coefficient (Wildman–Crippen LogP) is 2.67. The van der Waals surface area contributed by atoms with E-state index in [0.29, 0.717) is 25.2 Å². The summed E-state index contributed by atoms with van der Waals surface area (Å²) in [6, 6.07) is 19.5. The standard InChI is InChI=1S/C24H26N4O2/c25-15-20-9-6-13-28(20)23(29)17-27-14-12-19(16-27)26-24(30)22-11-5-4-10-21(22)18-7-2-1-3-8-18/h1-5,7-8,10-11,19-20H,6,9,12-14,16-17H2,(H,26,30)/t19-,20-/m0/s1. The zero-order chi connectivity index (χ0) is 20.9. The first-order chi connectivity index (χ1) is 14.7. The number of nitriles is 1. The fourth-order valence-electron chi connectivity index (χ4n) is 4.39. The number of nitrogens with one attached hydrogen (secondary N) is 1. The zero-order valence-corrected chi connectivity index (χ0v) is 17.0. The van der Waals surface area contributed by atoms with Crippen molar-refractivity contribution in [3.63, 3.8) is 0 Å². The third-order valence-electron chi connectivity index (χ3n) is 5.95. The van der Waals surface area contributed by atoms with Crippen molar-refractivity contribution in [2.24, 2.45) is 0 Å². The lowest BCUT2D eigenvalue weighted by molar-refractivity contribution is -0.132. The van der Waals surface area contributed by atoms with Crippen LogP contribution in [-0.4, -0.2) is 59.9 Å². The fraction of sp³-hybridized carbons (Fsp3) is 0.375. The Morgan fingerprint density at radius 1 is 1.03 bits per heavy atom. The van der Waals surface area contributed by atoms with E-state index >= 15 is 0 Å². The van der Waals surface area contributed by atoms with Gasteiger partial charge in [0.1, 0.15) is 6.04 Å². The Balaban J connectivity index is 1.36. The van der Waals surface area contributed by atoms with Crippen molar-refractivity contribution in [1.82, 2.24) is 15.1 Å². The minimum atomic E-state index is -0.287. The molecule has 0 radical (unpaired) electrons. The molecule has 2 aromatic rings. The predicted molar refractivity (Wildman–Crippen MR) is 115 cm³/mol. The minimum absolute atomic E-state index is 0.0134. The Hall–Kier alpha value is -3.17. The van der Waals surface area contributed by atoms with Crippen LogP contribution in [0.3, 0.4) is 0 Å². The number of hydrogen-bond acceptors (Lipinski definition) is 4. The highest BCUT2D eigenvalue weighted by Gasteiger charge is 2.32. The third-order valence-corrected chi connectivity index (χ3v) is 5.95. The maximum Gasteiger partial charge on any atom is 0.252 e. The fourth-order valence-corrected chi connectivity index (χ4v) is 4.39. The smallest absolute Gasteiger partial charge is 0.252 e. The molecule has 2 aromatic carbocycles. The normalized spacial score (nSPS) is 21.4. The van der Waals surface area contributed by atoms with Crippen LogP contribution in [0, 0.1) is 11.3 Å². The largest absolute Gasteiger partial charge is 0.348 e. The van der Waals surface area contributed by atoms with E-state index in [0.717, 1.165) is 36.9 Å². The SMILES string of the molecule is N#C[C@@H]1CCCN1C(=O)CN1CC[C@H](NC(=O)c2ccccc2-c2ccccc2)C1. The summed E-state index contributed by atoms with van der Waals surface area (Å²) in [5.74, 6) is -0.0721. The number of carbonyl (C=O) groups excluding carboxylic acids is 2. The van der Waals surface area contributed by atoms with Gasteiger partial charge in [0.15, 0.2) is 0 Å². The molecule has 154 valence electrons. The van der Waals surface area contributed by atoms with Crippen LogP contribution >= 0.6 is 0 Å². The Kier molecular flexibility index (Phi) is 6.10. The van der Waals surface area contributed by atoms with E-state index in [1.807, 2.05) is 54.6 Å². The van der Waals surface area contributed by atoms with Gasteiger partial charge in [-0.15, -0.1) is 0 Å². The second-order valence-electron chi connectivity index (χ2n) is 7.98. The summed E-state index contributed by atoms with van der Waals surface area (Å²) in [7, 11) is 0. The van der Waals surface area contributed by atoms with Gasteiger partial charge in [-0.1, -0.05) is 48.5 Å². The molecule has 0 aromatic heterocycles. The van der Waals surface area contributed by atoms with E-state index in [1.165, 1.54) is 0 Å². The topological polar surface area (TPSA) is 76.4 Å². The lowest BCUT2D eigenvalue weighted by Gasteiger charge is -2.23. The quantitative estimate of drug-likeness (QED) is 0.834. The number of carbonyl (C=O) groups is 2. The second-order valence-corrected chi connectivity index (χ2v) is 7.98. The lowest BCUT2D eigenvalue weighted by Crippen LogP contribution is -2.43. The van der Waals surface area contributed by atoms with Gasteiger partial charge in [-0.05, 0) is 36.5 Å². The third kappa shape index (κ3) is 4.37.